The van der Waals surface area contributed by atoms with E-state index in [-0.39, 0.29) is 24.3 Å². The van der Waals surface area contributed by atoms with Crippen molar-refractivity contribution in [2.24, 2.45) is 18.0 Å². The third-order valence-corrected chi connectivity index (χ3v) is 8.58. The van der Waals surface area contributed by atoms with E-state index in [4.69, 9.17) is 0 Å². The van der Waals surface area contributed by atoms with Gasteiger partial charge in [-0.2, -0.15) is 0 Å². The number of nitrogens with zero attached hydrogens (tertiary/aromatic N) is 6. The number of hydrogen-bond donors (Lipinski definition) is 1. The van der Waals surface area contributed by atoms with Gasteiger partial charge in [-0.3, -0.25) is 14.3 Å². The third kappa shape index (κ3) is 4.53. The number of rotatable bonds is 6. The van der Waals surface area contributed by atoms with Crippen LogP contribution in [0.15, 0.2) is 41.0 Å². The molecule has 1 fully saturated rings. The molecule has 1 saturated heterocycles. The lowest BCUT2D eigenvalue weighted by Gasteiger charge is -2.30. The Hall–Kier alpha value is -3.24. The average Bonchev–Trinajstić information content (AvgIpc) is 3.62. The van der Waals surface area contributed by atoms with Gasteiger partial charge >= 0.3 is 0 Å². The van der Waals surface area contributed by atoms with E-state index in [0.29, 0.717) is 24.2 Å². The number of aliphatic hydroxyl groups is 1. The lowest BCUT2D eigenvalue weighted by molar-refractivity contribution is -0.134. The summed E-state index contributed by atoms with van der Waals surface area (Å²) in [4.78, 5) is 38.7. The largest absolute Gasteiger partial charge is 0.391 e. The molecule has 0 aliphatic carbocycles. The van der Waals surface area contributed by atoms with Gasteiger partial charge < -0.3 is 10.0 Å². The monoisotopic (exact) mass is 520 g/mol. The molecule has 1 aromatic carbocycles. The third-order valence-electron chi connectivity index (χ3n) is 7.60. The molecule has 0 unspecified atom stereocenters. The summed E-state index contributed by atoms with van der Waals surface area (Å²) < 4.78 is 1.58. The van der Waals surface area contributed by atoms with Crippen LogP contribution in [0.1, 0.15) is 56.5 Å². The minimum Gasteiger partial charge on any atom is -0.391 e. The average molecular weight is 521 g/mol. The van der Waals surface area contributed by atoms with Crippen molar-refractivity contribution >= 4 is 28.9 Å². The Morgan fingerprint density at radius 3 is 2.57 bits per heavy atom. The summed E-state index contributed by atoms with van der Waals surface area (Å²) in [5.41, 5.74) is 5.21. The van der Waals surface area contributed by atoms with E-state index in [0.717, 1.165) is 21.7 Å². The smallest absolute Gasteiger partial charge is 0.256 e. The zero-order valence-electron chi connectivity index (χ0n) is 21.8. The molecule has 0 spiro atoms. The Labute approximate surface area is 220 Å². The van der Waals surface area contributed by atoms with Crippen LogP contribution in [0.5, 0.6) is 0 Å². The van der Waals surface area contributed by atoms with Gasteiger partial charge in [0.1, 0.15) is 0 Å². The van der Waals surface area contributed by atoms with Gasteiger partial charge in [-0.15, -0.1) is 16.4 Å². The zero-order chi connectivity index (χ0) is 26.5. The van der Waals surface area contributed by atoms with Crippen molar-refractivity contribution in [1.82, 2.24) is 24.9 Å². The van der Waals surface area contributed by atoms with Gasteiger partial charge in [0, 0.05) is 38.3 Å². The first-order valence-electron chi connectivity index (χ1n) is 12.6. The Bertz CT molecular complexity index is 1360. The second-order valence-electron chi connectivity index (χ2n) is 10.7. The summed E-state index contributed by atoms with van der Waals surface area (Å²) in [5.74, 6) is -0.841. The van der Waals surface area contributed by atoms with Crippen molar-refractivity contribution in [2.75, 3.05) is 6.54 Å². The number of aliphatic hydroxyl groups excluding tert-OH is 1. The molecule has 2 aromatic heterocycles. The molecule has 194 valence electrons. The molecule has 0 saturated carbocycles. The molecule has 0 radical (unpaired) electrons. The van der Waals surface area contributed by atoms with E-state index in [1.165, 1.54) is 0 Å². The van der Waals surface area contributed by atoms with Crippen molar-refractivity contribution < 1.29 is 14.7 Å². The number of β-amino-alcohol motifs (C(OH)–C–C–N with tert-alkyl or cyclic N) is 1. The summed E-state index contributed by atoms with van der Waals surface area (Å²) in [7, 11) is 1.77. The lowest BCUT2D eigenvalue weighted by Crippen LogP contribution is -2.44. The summed E-state index contributed by atoms with van der Waals surface area (Å²) in [6.07, 6.45) is 1.86. The Kier molecular flexibility index (Phi) is 6.57. The Morgan fingerprint density at radius 2 is 1.97 bits per heavy atom. The number of hydrogen-bond acceptors (Lipinski definition) is 7. The number of aromatic nitrogens is 4. The van der Waals surface area contributed by atoms with Crippen LogP contribution in [0, 0.1) is 12.8 Å². The second-order valence-corrected chi connectivity index (χ2v) is 11.6. The number of carbonyl (C=O) groups excluding carboxylic acids is 2. The maximum atomic E-state index is 13.8. The molecular formula is C27H32N6O3S. The normalized spacial score (nSPS) is 24.7. The van der Waals surface area contributed by atoms with E-state index in [1.54, 1.807) is 34.2 Å². The van der Waals surface area contributed by atoms with Crippen molar-refractivity contribution in [2.45, 2.75) is 64.0 Å². The number of benzene rings is 1. The molecule has 5 rings (SSSR count). The Morgan fingerprint density at radius 1 is 1.24 bits per heavy atom. The number of aryl methyl sites for hydroxylation is 2. The van der Waals surface area contributed by atoms with Gasteiger partial charge in [-0.25, -0.2) is 9.98 Å². The molecule has 4 heterocycles. The Balaban J connectivity index is 1.39. The maximum Gasteiger partial charge on any atom is 0.256 e. The zero-order valence-corrected chi connectivity index (χ0v) is 22.6. The predicted molar refractivity (Wildman–Crippen MR) is 141 cm³/mol. The first-order chi connectivity index (χ1) is 17.6. The molecule has 1 N–H and O–H groups in total. The maximum absolute atomic E-state index is 13.8. The summed E-state index contributed by atoms with van der Waals surface area (Å²) in [6, 6.07) is 7.59. The van der Waals surface area contributed by atoms with Crippen LogP contribution in [-0.2, 0) is 22.1 Å². The molecule has 0 bridgehead atoms. The lowest BCUT2D eigenvalue weighted by atomic mass is 9.78. The highest BCUT2D eigenvalue weighted by Crippen LogP contribution is 2.39. The van der Waals surface area contributed by atoms with Crippen LogP contribution in [0.25, 0.3) is 10.4 Å². The highest BCUT2D eigenvalue weighted by Gasteiger charge is 2.48. The molecule has 2 amide bonds. The van der Waals surface area contributed by atoms with Gasteiger partial charge in [0.2, 0.25) is 5.91 Å². The minimum atomic E-state index is -0.818. The van der Waals surface area contributed by atoms with Gasteiger partial charge in [0.25, 0.3) is 5.91 Å². The van der Waals surface area contributed by atoms with E-state index in [2.05, 4.69) is 20.3 Å². The van der Waals surface area contributed by atoms with Crippen LogP contribution in [0.2, 0.25) is 0 Å². The van der Waals surface area contributed by atoms with Crippen LogP contribution < -0.4 is 0 Å². The van der Waals surface area contributed by atoms with Crippen molar-refractivity contribution in [3.8, 4) is 10.4 Å². The fraction of sp³-hybridized carbons (Fsp3) is 0.481. The highest BCUT2D eigenvalue weighted by atomic mass is 32.1. The molecule has 37 heavy (non-hydrogen) atoms. The minimum absolute atomic E-state index is 0.0132. The number of carbonyl (C=O) groups is 2. The van der Waals surface area contributed by atoms with Crippen molar-refractivity contribution in [3.05, 3.63) is 52.9 Å². The van der Waals surface area contributed by atoms with Crippen LogP contribution in [0.4, 0.5) is 0 Å². The summed E-state index contributed by atoms with van der Waals surface area (Å²) in [5, 5.41) is 18.8. The predicted octanol–water partition coefficient (Wildman–Crippen LogP) is 3.28. The molecule has 10 heteroatoms. The fourth-order valence-corrected chi connectivity index (χ4v) is 6.34. The van der Waals surface area contributed by atoms with Gasteiger partial charge in [-0.1, -0.05) is 43.3 Å². The standard InChI is InChI=1S/C27H32N6O3S/c1-15(2)23(21-13-32(5)31-30-21)25(35)33-12-19(34)10-22(33)20-11-27(4,26(36)29-20)18-8-6-17(7-9-18)24-16(3)28-14-37-24/h6-9,13-15,19,22-23,34H,10-12H2,1-5H3/t19-,22+,23-,27+/m1/s1. The van der Waals surface area contributed by atoms with E-state index < -0.39 is 23.5 Å². The fourth-order valence-electron chi connectivity index (χ4n) is 5.53. The van der Waals surface area contributed by atoms with Crippen LogP contribution in [-0.4, -0.2) is 66.2 Å². The SMILES string of the molecule is Cc1ncsc1-c1ccc([C@]2(C)CC([C@@H]3C[C@@H](O)CN3C(=O)[C@@H](c3cn(C)nn3)C(C)C)=NC2=O)cc1. The second kappa shape index (κ2) is 9.57. The summed E-state index contributed by atoms with van der Waals surface area (Å²) >= 11 is 1.59. The van der Waals surface area contributed by atoms with E-state index >= 15 is 0 Å². The van der Waals surface area contributed by atoms with Gasteiger partial charge in [-0.05, 0) is 30.9 Å². The van der Waals surface area contributed by atoms with Crippen molar-refractivity contribution in [3.63, 3.8) is 0 Å². The van der Waals surface area contributed by atoms with E-state index in [9.17, 15) is 14.7 Å². The number of likely N-dealkylation sites (tertiary alicyclic amines) is 1. The quantitative estimate of drug-likeness (QED) is 0.534. The molecule has 4 atom stereocenters. The van der Waals surface area contributed by atoms with Crippen LogP contribution in [0.3, 0.4) is 0 Å². The van der Waals surface area contributed by atoms with Gasteiger partial charge in [0.05, 0.1) is 45.3 Å². The van der Waals surface area contributed by atoms with Gasteiger partial charge in [0.15, 0.2) is 0 Å². The molecular weight excluding hydrogens is 488 g/mol. The molecule has 9 nitrogen and oxygen atoms in total. The molecule has 3 aromatic rings. The van der Waals surface area contributed by atoms with Crippen LogP contribution >= 0.6 is 11.3 Å². The highest BCUT2D eigenvalue weighted by molar-refractivity contribution is 7.13. The number of aliphatic imine (C=N–C) groups is 1. The number of amides is 2. The number of thiazole rings is 1. The summed E-state index contributed by atoms with van der Waals surface area (Å²) in [6.45, 7) is 8.05. The molecule has 2 aliphatic heterocycles. The first kappa shape index (κ1) is 25.4. The van der Waals surface area contributed by atoms with Crippen molar-refractivity contribution in [1.29, 1.82) is 0 Å². The molecule has 2 aliphatic rings. The van der Waals surface area contributed by atoms with E-state index in [1.807, 2.05) is 57.5 Å². The topological polar surface area (TPSA) is 114 Å². The first-order valence-corrected chi connectivity index (χ1v) is 13.4.